The van der Waals surface area contributed by atoms with Gasteiger partial charge in [0, 0.05) is 45.0 Å². The van der Waals surface area contributed by atoms with Crippen molar-refractivity contribution in [3.8, 4) is 0 Å². The van der Waals surface area contributed by atoms with Gasteiger partial charge in [-0.25, -0.2) is 14.6 Å². The van der Waals surface area contributed by atoms with Crippen molar-refractivity contribution in [2.45, 2.75) is 71.4 Å². The summed E-state index contributed by atoms with van der Waals surface area (Å²) in [5.41, 5.74) is 5.03. The van der Waals surface area contributed by atoms with E-state index in [0.29, 0.717) is 6.42 Å². The molecule has 1 aliphatic rings. The SMILES string of the molecule is COC(=O)N[C@H](C(=O)N[C@@H](Cc1ccccc1)[C@@H](O)CN(Cc1ccc(N2CCN(C)CC2)cc1)NC(=O)OC(C)(C)C)C(C)C. The summed E-state index contributed by atoms with van der Waals surface area (Å²) >= 11 is 0. The molecule has 46 heavy (non-hydrogen) atoms. The number of carbonyl (C=O) groups is 3. The fourth-order valence-electron chi connectivity index (χ4n) is 5.17. The van der Waals surface area contributed by atoms with E-state index in [4.69, 9.17) is 9.47 Å². The highest BCUT2D eigenvalue weighted by Gasteiger charge is 2.31. The first kappa shape index (κ1) is 36.6. The minimum atomic E-state index is -1.12. The number of likely N-dealkylation sites (N-methyl/N-ethyl adjacent to an activating group) is 1. The van der Waals surface area contributed by atoms with Gasteiger partial charge in [-0.15, -0.1) is 0 Å². The van der Waals surface area contributed by atoms with E-state index in [1.54, 1.807) is 25.8 Å². The van der Waals surface area contributed by atoms with Gasteiger partial charge in [0.15, 0.2) is 0 Å². The second-order valence-electron chi connectivity index (χ2n) is 13.2. The number of rotatable bonds is 13. The summed E-state index contributed by atoms with van der Waals surface area (Å²) in [5, 5.41) is 18.7. The van der Waals surface area contributed by atoms with E-state index in [-0.39, 0.29) is 19.0 Å². The Morgan fingerprint density at radius 2 is 1.54 bits per heavy atom. The van der Waals surface area contributed by atoms with Crippen molar-refractivity contribution in [1.29, 1.82) is 0 Å². The van der Waals surface area contributed by atoms with Gasteiger partial charge in [-0.05, 0) is 63.4 Å². The summed E-state index contributed by atoms with van der Waals surface area (Å²) < 4.78 is 10.2. The molecule has 2 aromatic carbocycles. The zero-order valence-electron chi connectivity index (χ0n) is 28.3. The molecule has 0 aromatic heterocycles. The molecule has 1 aliphatic heterocycles. The van der Waals surface area contributed by atoms with Crippen LogP contribution in [0.2, 0.25) is 0 Å². The molecule has 12 nitrogen and oxygen atoms in total. The van der Waals surface area contributed by atoms with Gasteiger partial charge in [-0.3, -0.25) is 10.2 Å². The number of hydrazine groups is 1. The fourth-order valence-corrected chi connectivity index (χ4v) is 5.17. The molecular formula is C34H52N6O6. The zero-order valence-corrected chi connectivity index (χ0v) is 28.3. The molecule has 1 fully saturated rings. The molecule has 0 unspecified atom stereocenters. The smallest absolute Gasteiger partial charge is 0.422 e. The average Bonchev–Trinajstić information content (AvgIpc) is 2.99. The second-order valence-corrected chi connectivity index (χ2v) is 13.2. The molecule has 3 atom stereocenters. The van der Waals surface area contributed by atoms with E-state index in [0.717, 1.165) is 43.0 Å². The molecule has 2 aromatic rings. The van der Waals surface area contributed by atoms with Gasteiger partial charge in [0.05, 0.1) is 19.3 Å². The van der Waals surface area contributed by atoms with Gasteiger partial charge in [0.25, 0.3) is 0 Å². The zero-order chi connectivity index (χ0) is 33.9. The largest absolute Gasteiger partial charge is 0.453 e. The van der Waals surface area contributed by atoms with Crippen LogP contribution in [0.1, 0.15) is 45.7 Å². The van der Waals surface area contributed by atoms with E-state index in [1.807, 2.05) is 56.3 Å². The van der Waals surface area contributed by atoms with Crippen LogP contribution in [0.15, 0.2) is 54.6 Å². The van der Waals surface area contributed by atoms with Gasteiger partial charge in [-0.2, -0.15) is 0 Å². The van der Waals surface area contributed by atoms with Crippen LogP contribution in [-0.4, -0.2) is 104 Å². The van der Waals surface area contributed by atoms with Crippen molar-refractivity contribution in [2.75, 3.05) is 51.8 Å². The van der Waals surface area contributed by atoms with Crippen molar-refractivity contribution < 1.29 is 29.0 Å². The van der Waals surface area contributed by atoms with E-state index in [9.17, 15) is 19.5 Å². The minimum Gasteiger partial charge on any atom is -0.453 e. The summed E-state index contributed by atoms with van der Waals surface area (Å²) in [6.07, 6.45) is -2.17. The first-order chi connectivity index (χ1) is 21.7. The Balaban J connectivity index is 1.81. The standard InChI is InChI=1S/C34H52N6O6/c1-24(2)30(36-32(43)45-7)31(42)35-28(21-25-11-9-8-10-12-25)29(41)23-40(37-33(44)46-34(3,4)5)22-26-13-15-27(16-14-26)39-19-17-38(6)18-20-39/h8-16,24,28-30,41H,17-23H2,1-7H3,(H,35,42)(H,36,43)(H,37,44)/t28-,29-,30-/m0/s1. The number of nitrogens with zero attached hydrogens (tertiary/aromatic N) is 3. The number of aliphatic hydroxyl groups is 1. The molecule has 3 rings (SSSR count). The number of anilines is 1. The third kappa shape index (κ3) is 12.1. The molecule has 0 bridgehead atoms. The lowest BCUT2D eigenvalue weighted by Crippen LogP contribution is -2.57. The number of hydrogen-bond donors (Lipinski definition) is 4. The predicted octanol–water partition coefficient (Wildman–Crippen LogP) is 3.15. The molecule has 3 amide bonds. The number of methoxy groups -OCH3 is 1. The number of hydrogen-bond acceptors (Lipinski definition) is 9. The molecule has 1 saturated heterocycles. The number of nitrogens with one attached hydrogen (secondary N) is 3. The second kappa shape index (κ2) is 17.2. The molecule has 0 spiro atoms. The normalized spacial score (nSPS) is 16.0. The Morgan fingerprint density at radius 3 is 2.11 bits per heavy atom. The van der Waals surface area contributed by atoms with Crippen LogP contribution in [0, 0.1) is 5.92 Å². The summed E-state index contributed by atoms with van der Waals surface area (Å²) in [4.78, 5) is 42.9. The highest BCUT2D eigenvalue weighted by molar-refractivity contribution is 5.86. The number of ether oxygens (including phenoxy) is 2. The Labute approximate surface area is 273 Å². The number of piperazine rings is 1. The number of carbonyl (C=O) groups excluding carboxylic acids is 3. The van der Waals surface area contributed by atoms with Gasteiger partial charge in [-0.1, -0.05) is 56.3 Å². The van der Waals surface area contributed by atoms with E-state index < -0.39 is 41.9 Å². The lowest BCUT2D eigenvalue weighted by Gasteiger charge is -2.34. The van der Waals surface area contributed by atoms with Gasteiger partial charge in [0.1, 0.15) is 11.6 Å². The first-order valence-electron chi connectivity index (χ1n) is 15.9. The molecule has 0 radical (unpaired) electrons. The van der Waals surface area contributed by atoms with Gasteiger partial charge >= 0.3 is 12.2 Å². The maximum absolute atomic E-state index is 13.4. The Hall–Kier alpha value is -3.87. The third-order valence-corrected chi connectivity index (χ3v) is 7.73. The summed E-state index contributed by atoms with van der Waals surface area (Å²) in [7, 11) is 3.36. The highest BCUT2D eigenvalue weighted by atomic mass is 16.6. The van der Waals surface area contributed by atoms with Gasteiger partial charge in [0.2, 0.25) is 5.91 Å². The lowest BCUT2D eigenvalue weighted by molar-refractivity contribution is -0.125. The summed E-state index contributed by atoms with van der Waals surface area (Å²) in [6, 6.07) is 16.0. The third-order valence-electron chi connectivity index (χ3n) is 7.73. The van der Waals surface area contributed by atoms with Crippen molar-refractivity contribution in [1.82, 2.24) is 26.0 Å². The molecule has 4 N–H and O–H groups in total. The van der Waals surface area contributed by atoms with Crippen molar-refractivity contribution in [3.63, 3.8) is 0 Å². The van der Waals surface area contributed by atoms with Crippen molar-refractivity contribution in [2.24, 2.45) is 5.92 Å². The van der Waals surface area contributed by atoms with Crippen LogP contribution in [0.3, 0.4) is 0 Å². The van der Waals surface area contributed by atoms with Crippen LogP contribution in [-0.2, 0) is 27.2 Å². The van der Waals surface area contributed by atoms with Crippen LogP contribution in [0.4, 0.5) is 15.3 Å². The van der Waals surface area contributed by atoms with Crippen molar-refractivity contribution in [3.05, 3.63) is 65.7 Å². The Bertz CT molecular complexity index is 1250. The predicted molar refractivity (Wildman–Crippen MR) is 178 cm³/mol. The first-order valence-corrected chi connectivity index (χ1v) is 15.9. The monoisotopic (exact) mass is 640 g/mol. The number of amides is 3. The molecule has 254 valence electrons. The van der Waals surface area contributed by atoms with Gasteiger partial charge < -0.3 is 35.0 Å². The van der Waals surface area contributed by atoms with Crippen LogP contribution in [0.5, 0.6) is 0 Å². The van der Waals surface area contributed by atoms with E-state index in [2.05, 4.69) is 45.0 Å². The summed E-state index contributed by atoms with van der Waals surface area (Å²) in [6.45, 7) is 13.1. The maximum atomic E-state index is 13.4. The average molecular weight is 641 g/mol. The van der Waals surface area contributed by atoms with E-state index >= 15 is 0 Å². The molecule has 12 heteroatoms. The Kier molecular flexibility index (Phi) is 13.7. The molecule has 1 heterocycles. The topological polar surface area (TPSA) is 136 Å². The quantitative estimate of drug-likeness (QED) is 0.244. The Morgan fingerprint density at radius 1 is 0.913 bits per heavy atom. The molecule has 0 saturated carbocycles. The van der Waals surface area contributed by atoms with Crippen LogP contribution in [0.25, 0.3) is 0 Å². The fraction of sp³-hybridized carbons (Fsp3) is 0.559. The summed E-state index contributed by atoms with van der Waals surface area (Å²) in [5.74, 6) is -0.695. The minimum absolute atomic E-state index is 0.0198. The maximum Gasteiger partial charge on any atom is 0.422 e. The number of aliphatic hydroxyl groups excluding tert-OH is 1. The molecule has 0 aliphatic carbocycles. The number of alkyl carbamates (subject to hydrolysis) is 1. The van der Waals surface area contributed by atoms with Crippen molar-refractivity contribution >= 4 is 23.8 Å². The molecular weight excluding hydrogens is 588 g/mol. The van der Waals surface area contributed by atoms with Crippen LogP contribution < -0.4 is 21.0 Å². The highest BCUT2D eigenvalue weighted by Crippen LogP contribution is 2.19. The van der Waals surface area contributed by atoms with E-state index in [1.165, 1.54) is 7.11 Å². The van der Waals surface area contributed by atoms with Crippen LogP contribution >= 0.6 is 0 Å². The number of benzene rings is 2. The lowest BCUT2D eigenvalue weighted by atomic mass is 9.98.